The SMILES string of the molecule is N#Cc1cccc(N2CCC(C(N=CN)c3cccc(O)c3)C2)c1. The van der Waals surface area contributed by atoms with Crippen molar-refractivity contribution in [1.82, 2.24) is 0 Å². The molecule has 1 aliphatic heterocycles. The quantitative estimate of drug-likeness (QED) is 0.670. The first kappa shape index (κ1) is 15.9. The Bertz CT molecular complexity index is 781. The van der Waals surface area contributed by atoms with E-state index < -0.39 is 0 Å². The summed E-state index contributed by atoms with van der Waals surface area (Å²) >= 11 is 0. The minimum Gasteiger partial charge on any atom is -0.508 e. The van der Waals surface area contributed by atoms with Crippen LogP contribution in [-0.2, 0) is 0 Å². The van der Waals surface area contributed by atoms with Crippen molar-refractivity contribution in [3.05, 3.63) is 59.7 Å². The fourth-order valence-electron chi connectivity index (χ4n) is 3.33. The van der Waals surface area contributed by atoms with Crippen molar-refractivity contribution in [3.8, 4) is 11.8 Å². The molecule has 3 N–H and O–H groups in total. The molecule has 1 fully saturated rings. The van der Waals surface area contributed by atoms with Gasteiger partial charge in [0.05, 0.1) is 24.0 Å². The van der Waals surface area contributed by atoms with E-state index in [4.69, 9.17) is 11.0 Å². The first-order valence-corrected chi connectivity index (χ1v) is 7.98. The van der Waals surface area contributed by atoms with Crippen LogP contribution in [-0.4, -0.2) is 24.5 Å². The van der Waals surface area contributed by atoms with Gasteiger partial charge in [0.2, 0.25) is 0 Å². The summed E-state index contributed by atoms with van der Waals surface area (Å²) < 4.78 is 0. The molecule has 0 aromatic heterocycles. The fraction of sp³-hybridized carbons (Fsp3) is 0.263. The molecule has 5 heteroatoms. The van der Waals surface area contributed by atoms with Gasteiger partial charge in [-0.15, -0.1) is 0 Å². The number of nitrogens with two attached hydrogens (primary N) is 1. The van der Waals surface area contributed by atoms with Crippen LogP contribution in [0.15, 0.2) is 53.5 Å². The molecular weight excluding hydrogens is 300 g/mol. The highest BCUT2D eigenvalue weighted by Crippen LogP contribution is 2.36. The number of anilines is 1. The van der Waals surface area contributed by atoms with Gasteiger partial charge in [0.15, 0.2) is 0 Å². The van der Waals surface area contributed by atoms with Crippen LogP contribution in [0, 0.1) is 17.2 Å². The van der Waals surface area contributed by atoms with E-state index in [1.54, 1.807) is 12.1 Å². The third-order valence-electron chi connectivity index (χ3n) is 4.47. The maximum atomic E-state index is 9.74. The topological polar surface area (TPSA) is 85.6 Å². The molecule has 122 valence electrons. The molecular formula is C19H20N4O. The zero-order valence-corrected chi connectivity index (χ0v) is 13.3. The molecule has 24 heavy (non-hydrogen) atoms. The molecule has 0 spiro atoms. The van der Waals surface area contributed by atoms with Crippen LogP contribution in [0.4, 0.5) is 5.69 Å². The van der Waals surface area contributed by atoms with Gasteiger partial charge in [0.25, 0.3) is 0 Å². The van der Waals surface area contributed by atoms with E-state index in [1.165, 1.54) is 6.34 Å². The Morgan fingerprint density at radius 1 is 1.29 bits per heavy atom. The van der Waals surface area contributed by atoms with Gasteiger partial charge in [-0.25, -0.2) is 0 Å². The third kappa shape index (κ3) is 3.33. The highest BCUT2D eigenvalue weighted by atomic mass is 16.3. The maximum absolute atomic E-state index is 9.74. The van der Waals surface area contributed by atoms with Crippen molar-refractivity contribution in [2.75, 3.05) is 18.0 Å². The fourth-order valence-corrected chi connectivity index (χ4v) is 3.33. The zero-order valence-electron chi connectivity index (χ0n) is 13.3. The summed E-state index contributed by atoms with van der Waals surface area (Å²) in [5.74, 6) is 0.540. The molecule has 5 nitrogen and oxygen atoms in total. The summed E-state index contributed by atoms with van der Waals surface area (Å²) in [5.41, 5.74) is 8.24. The predicted octanol–water partition coefficient (Wildman–Crippen LogP) is 2.82. The summed E-state index contributed by atoms with van der Waals surface area (Å²) in [6.45, 7) is 1.75. The number of hydrogen-bond acceptors (Lipinski definition) is 4. The van der Waals surface area contributed by atoms with Crippen LogP contribution < -0.4 is 10.6 Å². The number of rotatable bonds is 4. The van der Waals surface area contributed by atoms with Gasteiger partial charge in [-0.1, -0.05) is 18.2 Å². The molecule has 1 saturated heterocycles. The van der Waals surface area contributed by atoms with Gasteiger partial charge in [-0.05, 0) is 42.3 Å². The number of phenols is 1. The molecule has 0 saturated carbocycles. The summed E-state index contributed by atoms with van der Waals surface area (Å²) in [6.07, 6.45) is 2.32. The van der Waals surface area contributed by atoms with Gasteiger partial charge >= 0.3 is 0 Å². The molecule has 2 atom stereocenters. The molecule has 1 heterocycles. The van der Waals surface area contributed by atoms with Crippen molar-refractivity contribution in [2.24, 2.45) is 16.6 Å². The van der Waals surface area contributed by atoms with Gasteiger partial charge in [0, 0.05) is 24.7 Å². The van der Waals surface area contributed by atoms with E-state index in [1.807, 2.05) is 36.4 Å². The van der Waals surface area contributed by atoms with E-state index in [2.05, 4.69) is 16.0 Å². The number of benzene rings is 2. The largest absolute Gasteiger partial charge is 0.508 e. The Hall–Kier alpha value is -3.00. The standard InChI is InChI=1S/C19H20N4O/c20-11-14-3-1-5-17(9-14)23-8-7-16(12-23)19(22-13-21)15-4-2-6-18(24)10-15/h1-6,9-10,13,16,19,24H,7-8,12H2,(H2,21,22). The van der Waals surface area contributed by atoms with Gasteiger partial charge in [0.1, 0.15) is 5.75 Å². The second-order valence-electron chi connectivity index (χ2n) is 5.99. The first-order valence-electron chi connectivity index (χ1n) is 7.98. The smallest absolute Gasteiger partial charge is 0.115 e. The Morgan fingerprint density at radius 3 is 2.88 bits per heavy atom. The molecule has 2 unspecified atom stereocenters. The van der Waals surface area contributed by atoms with E-state index >= 15 is 0 Å². The van der Waals surface area contributed by atoms with Crippen molar-refractivity contribution >= 4 is 12.0 Å². The lowest BCUT2D eigenvalue weighted by Crippen LogP contribution is -2.22. The minimum atomic E-state index is -0.0775. The minimum absolute atomic E-state index is 0.0775. The van der Waals surface area contributed by atoms with E-state index in [0.29, 0.717) is 11.5 Å². The van der Waals surface area contributed by atoms with E-state index in [0.717, 1.165) is 30.8 Å². The summed E-state index contributed by atoms with van der Waals surface area (Å²) in [4.78, 5) is 6.71. The predicted molar refractivity (Wildman–Crippen MR) is 95.0 cm³/mol. The molecule has 3 rings (SSSR count). The van der Waals surface area contributed by atoms with Crippen LogP contribution in [0.25, 0.3) is 0 Å². The van der Waals surface area contributed by atoms with Crippen LogP contribution >= 0.6 is 0 Å². The number of hydrogen-bond donors (Lipinski definition) is 2. The molecule has 2 aromatic rings. The highest BCUT2D eigenvalue weighted by molar-refractivity contribution is 5.54. The molecule has 0 aliphatic carbocycles. The normalized spacial score (nSPS) is 18.6. The Balaban J connectivity index is 1.80. The second kappa shape index (κ2) is 7.05. The van der Waals surface area contributed by atoms with Gasteiger partial charge in [-0.3, -0.25) is 4.99 Å². The van der Waals surface area contributed by atoms with E-state index in [-0.39, 0.29) is 11.8 Å². The zero-order chi connectivity index (χ0) is 16.9. The van der Waals surface area contributed by atoms with Gasteiger partial charge in [-0.2, -0.15) is 5.26 Å². The molecule has 2 aromatic carbocycles. The number of nitriles is 1. The van der Waals surface area contributed by atoms with Crippen molar-refractivity contribution < 1.29 is 5.11 Å². The third-order valence-corrected chi connectivity index (χ3v) is 4.47. The lowest BCUT2D eigenvalue weighted by Gasteiger charge is -2.22. The molecule has 0 amide bonds. The number of nitrogens with zero attached hydrogens (tertiary/aromatic N) is 3. The Labute approximate surface area is 141 Å². The summed E-state index contributed by atoms with van der Waals surface area (Å²) in [5, 5.41) is 18.8. The number of aliphatic imine (C=N–C) groups is 1. The van der Waals surface area contributed by atoms with Crippen molar-refractivity contribution in [1.29, 1.82) is 5.26 Å². The maximum Gasteiger partial charge on any atom is 0.115 e. The Morgan fingerprint density at radius 2 is 2.12 bits per heavy atom. The van der Waals surface area contributed by atoms with Crippen LogP contribution in [0.1, 0.15) is 23.6 Å². The lowest BCUT2D eigenvalue weighted by molar-refractivity contribution is 0.460. The van der Waals surface area contributed by atoms with Crippen LogP contribution in [0.2, 0.25) is 0 Å². The number of phenolic OH excluding ortho intramolecular Hbond substituents is 1. The lowest BCUT2D eigenvalue weighted by atomic mass is 9.92. The first-order chi connectivity index (χ1) is 11.7. The van der Waals surface area contributed by atoms with Crippen molar-refractivity contribution in [2.45, 2.75) is 12.5 Å². The second-order valence-corrected chi connectivity index (χ2v) is 5.99. The average Bonchev–Trinajstić information content (AvgIpc) is 3.09. The summed E-state index contributed by atoms with van der Waals surface area (Å²) in [7, 11) is 0. The Kier molecular flexibility index (Phi) is 4.66. The van der Waals surface area contributed by atoms with Crippen molar-refractivity contribution in [3.63, 3.8) is 0 Å². The number of aromatic hydroxyl groups is 1. The van der Waals surface area contributed by atoms with Crippen LogP contribution in [0.3, 0.4) is 0 Å². The summed E-state index contributed by atoms with van der Waals surface area (Å²) in [6, 6.07) is 17.0. The highest BCUT2D eigenvalue weighted by Gasteiger charge is 2.30. The monoisotopic (exact) mass is 320 g/mol. The average molecular weight is 320 g/mol. The van der Waals surface area contributed by atoms with Crippen LogP contribution in [0.5, 0.6) is 5.75 Å². The molecule has 1 aliphatic rings. The van der Waals surface area contributed by atoms with E-state index in [9.17, 15) is 5.11 Å². The van der Waals surface area contributed by atoms with Gasteiger partial charge < -0.3 is 15.7 Å². The molecule has 0 radical (unpaired) electrons. The molecule has 0 bridgehead atoms.